The van der Waals surface area contributed by atoms with Crippen molar-refractivity contribution >= 4 is 17.5 Å². The van der Waals surface area contributed by atoms with Crippen molar-refractivity contribution in [3.8, 4) is 0 Å². The molecule has 17 heavy (non-hydrogen) atoms. The van der Waals surface area contributed by atoms with Gasteiger partial charge in [0, 0.05) is 6.54 Å². The fourth-order valence-electron chi connectivity index (χ4n) is 2.28. The number of halogens is 1. The minimum absolute atomic E-state index is 0.0457. The van der Waals surface area contributed by atoms with Gasteiger partial charge in [-0.15, -0.1) is 0 Å². The van der Waals surface area contributed by atoms with Gasteiger partial charge >= 0.3 is 0 Å². The quantitative estimate of drug-likeness (QED) is 0.769. The van der Waals surface area contributed by atoms with Crippen LogP contribution in [0.2, 0.25) is 0 Å². The number of nitrogens with two attached hydrogens (primary N) is 1. The summed E-state index contributed by atoms with van der Waals surface area (Å²) in [6.07, 6.45) is 0.622. The highest BCUT2D eigenvalue weighted by Gasteiger charge is 2.59. The normalized spacial score (nSPS) is 26.4. The molecule has 1 aromatic rings. The number of hydrogen-bond donors (Lipinski definition) is 1. The summed E-state index contributed by atoms with van der Waals surface area (Å²) in [5.41, 5.74) is 6.07. The molecular formula is C12H11FN2O2. The van der Waals surface area contributed by atoms with Gasteiger partial charge in [-0.05, 0) is 24.1 Å². The second-order valence-corrected chi connectivity index (χ2v) is 4.45. The van der Waals surface area contributed by atoms with E-state index in [4.69, 9.17) is 5.73 Å². The van der Waals surface area contributed by atoms with Crippen LogP contribution in [0.3, 0.4) is 0 Å². The molecule has 1 saturated heterocycles. The number of fused-ring (bicyclic) bond motifs is 1. The van der Waals surface area contributed by atoms with Crippen molar-refractivity contribution in [1.29, 1.82) is 0 Å². The van der Waals surface area contributed by atoms with Crippen molar-refractivity contribution in [2.24, 2.45) is 17.6 Å². The van der Waals surface area contributed by atoms with Crippen molar-refractivity contribution in [1.82, 2.24) is 0 Å². The number of carbonyl (C=O) groups is 2. The van der Waals surface area contributed by atoms with Gasteiger partial charge in [0.05, 0.1) is 17.5 Å². The number of rotatable bonds is 2. The summed E-state index contributed by atoms with van der Waals surface area (Å²) in [5, 5.41) is 0. The van der Waals surface area contributed by atoms with Crippen LogP contribution in [0.5, 0.6) is 0 Å². The molecule has 1 heterocycles. The summed E-state index contributed by atoms with van der Waals surface area (Å²) >= 11 is 0. The maximum Gasteiger partial charge on any atom is 0.237 e. The van der Waals surface area contributed by atoms with E-state index in [0.717, 1.165) is 4.90 Å². The lowest BCUT2D eigenvalue weighted by Crippen LogP contribution is -2.33. The van der Waals surface area contributed by atoms with E-state index in [1.807, 2.05) is 0 Å². The zero-order chi connectivity index (χ0) is 12.2. The first-order valence-electron chi connectivity index (χ1n) is 5.50. The monoisotopic (exact) mass is 234 g/mol. The molecule has 0 bridgehead atoms. The van der Waals surface area contributed by atoms with Crippen molar-refractivity contribution in [3.05, 3.63) is 29.6 Å². The first-order valence-corrected chi connectivity index (χ1v) is 5.50. The Balaban J connectivity index is 1.99. The molecular weight excluding hydrogens is 223 g/mol. The fourth-order valence-corrected chi connectivity index (χ4v) is 2.28. The SMILES string of the molecule is NCc1ccc(N2C(=O)C3CC3C2=O)c(F)c1. The third-order valence-corrected chi connectivity index (χ3v) is 3.35. The summed E-state index contributed by atoms with van der Waals surface area (Å²) < 4.78 is 13.8. The van der Waals surface area contributed by atoms with Crippen LogP contribution in [-0.4, -0.2) is 11.8 Å². The van der Waals surface area contributed by atoms with E-state index in [0.29, 0.717) is 12.0 Å². The lowest BCUT2D eigenvalue weighted by molar-refractivity contribution is -0.123. The number of imide groups is 1. The van der Waals surface area contributed by atoms with Crippen molar-refractivity contribution in [2.45, 2.75) is 13.0 Å². The number of anilines is 1. The van der Waals surface area contributed by atoms with E-state index in [9.17, 15) is 14.0 Å². The lowest BCUT2D eigenvalue weighted by atomic mass is 10.2. The largest absolute Gasteiger partial charge is 0.326 e. The Morgan fingerprint density at radius 3 is 2.47 bits per heavy atom. The molecule has 2 unspecified atom stereocenters. The van der Waals surface area contributed by atoms with Crippen molar-refractivity contribution < 1.29 is 14.0 Å². The predicted molar refractivity (Wildman–Crippen MR) is 58.4 cm³/mol. The Kier molecular flexibility index (Phi) is 2.06. The zero-order valence-electron chi connectivity index (χ0n) is 9.02. The van der Waals surface area contributed by atoms with E-state index >= 15 is 0 Å². The van der Waals surface area contributed by atoms with E-state index in [-0.39, 0.29) is 35.9 Å². The molecule has 4 nitrogen and oxygen atoms in total. The van der Waals surface area contributed by atoms with E-state index < -0.39 is 5.82 Å². The van der Waals surface area contributed by atoms with Crippen LogP contribution in [0.25, 0.3) is 0 Å². The van der Waals surface area contributed by atoms with Gasteiger partial charge in [-0.3, -0.25) is 9.59 Å². The van der Waals surface area contributed by atoms with Crippen LogP contribution >= 0.6 is 0 Å². The van der Waals surface area contributed by atoms with Gasteiger partial charge in [0.25, 0.3) is 0 Å². The van der Waals surface area contributed by atoms with Crippen LogP contribution in [0.15, 0.2) is 18.2 Å². The van der Waals surface area contributed by atoms with Gasteiger partial charge in [-0.25, -0.2) is 9.29 Å². The molecule has 0 radical (unpaired) electrons. The second-order valence-electron chi connectivity index (χ2n) is 4.45. The van der Waals surface area contributed by atoms with Crippen LogP contribution in [0, 0.1) is 17.7 Å². The average Bonchev–Trinajstić information content (AvgIpc) is 3.06. The van der Waals surface area contributed by atoms with Crippen LogP contribution in [0.1, 0.15) is 12.0 Å². The van der Waals surface area contributed by atoms with E-state index in [1.165, 1.54) is 12.1 Å². The average molecular weight is 234 g/mol. The molecule has 2 fully saturated rings. The van der Waals surface area contributed by atoms with Crippen LogP contribution in [0.4, 0.5) is 10.1 Å². The molecule has 88 valence electrons. The number of nitrogens with zero attached hydrogens (tertiary/aromatic N) is 1. The number of piperidine rings is 1. The Bertz CT molecular complexity index is 509. The van der Waals surface area contributed by atoms with Gasteiger partial charge in [0.1, 0.15) is 5.82 Å². The summed E-state index contributed by atoms with van der Waals surface area (Å²) in [5.74, 6) is -1.55. The molecule has 5 heteroatoms. The molecule has 1 aliphatic heterocycles. The summed E-state index contributed by atoms with van der Waals surface area (Å²) in [4.78, 5) is 24.5. The molecule has 3 rings (SSSR count). The number of hydrogen-bond acceptors (Lipinski definition) is 3. The standard InChI is InChI=1S/C12H11FN2O2/c13-9-3-6(5-14)1-2-10(9)15-11(16)7-4-8(7)12(15)17/h1-3,7-8H,4-5,14H2. The minimum Gasteiger partial charge on any atom is -0.326 e. The molecule has 2 amide bonds. The van der Waals surface area contributed by atoms with Gasteiger partial charge in [0.2, 0.25) is 11.8 Å². The van der Waals surface area contributed by atoms with Gasteiger partial charge in [-0.2, -0.15) is 0 Å². The molecule has 2 N–H and O–H groups in total. The van der Waals surface area contributed by atoms with E-state index in [1.54, 1.807) is 6.07 Å². The molecule has 1 aromatic carbocycles. The van der Waals surface area contributed by atoms with Gasteiger partial charge in [-0.1, -0.05) is 6.07 Å². The Morgan fingerprint density at radius 2 is 1.94 bits per heavy atom. The Morgan fingerprint density at radius 1 is 1.29 bits per heavy atom. The fraction of sp³-hybridized carbons (Fsp3) is 0.333. The van der Waals surface area contributed by atoms with Gasteiger partial charge in [0.15, 0.2) is 0 Å². The summed E-state index contributed by atoms with van der Waals surface area (Å²) in [7, 11) is 0. The topological polar surface area (TPSA) is 63.4 Å². The Labute approximate surface area is 97.2 Å². The molecule has 2 atom stereocenters. The summed E-state index contributed by atoms with van der Waals surface area (Å²) in [6.45, 7) is 0.227. The van der Waals surface area contributed by atoms with Crippen molar-refractivity contribution in [3.63, 3.8) is 0 Å². The summed E-state index contributed by atoms with van der Waals surface area (Å²) in [6, 6.07) is 4.33. The maximum atomic E-state index is 13.8. The highest BCUT2D eigenvalue weighted by atomic mass is 19.1. The molecule has 1 aliphatic carbocycles. The minimum atomic E-state index is -0.573. The molecule has 1 saturated carbocycles. The van der Waals surface area contributed by atoms with Crippen molar-refractivity contribution in [2.75, 3.05) is 4.90 Å². The molecule has 2 aliphatic rings. The first-order chi connectivity index (χ1) is 8.13. The smallest absolute Gasteiger partial charge is 0.237 e. The number of carbonyl (C=O) groups excluding carboxylic acids is 2. The third-order valence-electron chi connectivity index (χ3n) is 3.35. The van der Waals surface area contributed by atoms with Gasteiger partial charge < -0.3 is 5.73 Å². The highest BCUT2D eigenvalue weighted by molar-refractivity contribution is 6.24. The highest BCUT2D eigenvalue weighted by Crippen LogP contribution is 2.48. The second kappa shape index (κ2) is 3.37. The maximum absolute atomic E-state index is 13.8. The third kappa shape index (κ3) is 1.39. The van der Waals surface area contributed by atoms with Crippen LogP contribution < -0.4 is 10.6 Å². The lowest BCUT2D eigenvalue weighted by Gasteiger charge is -2.17. The first kappa shape index (κ1) is 10.4. The predicted octanol–water partition coefficient (Wildman–Crippen LogP) is 0.794. The van der Waals surface area contributed by atoms with Crippen LogP contribution in [-0.2, 0) is 16.1 Å². The zero-order valence-corrected chi connectivity index (χ0v) is 9.02. The van der Waals surface area contributed by atoms with E-state index in [2.05, 4.69) is 0 Å². The number of benzene rings is 1. The molecule has 0 aromatic heterocycles. The Hall–Kier alpha value is -1.75. The molecule has 0 spiro atoms. The number of amides is 2.